The molecule has 2 N–H and O–H groups in total. The van der Waals surface area contributed by atoms with Crippen LogP contribution in [0, 0.1) is 5.92 Å². The largest absolute Gasteiger partial charge is 0.508 e. The number of nitrogens with zero attached hydrogens (tertiary/aromatic N) is 1. The van der Waals surface area contributed by atoms with Crippen LogP contribution in [0.5, 0.6) is 23.0 Å². The first kappa shape index (κ1) is 20.5. The third kappa shape index (κ3) is 4.03. The average molecular weight is 434 g/mol. The minimum Gasteiger partial charge on any atom is -0.508 e. The van der Waals surface area contributed by atoms with E-state index in [4.69, 9.17) is 14.2 Å². The monoisotopic (exact) mass is 434 g/mol. The van der Waals surface area contributed by atoms with Gasteiger partial charge in [0.1, 0.15) is 11.5 Å². The molecule has 166 valence electrons. The highest BCUT2D eigenvalue weighted by molar-refractivity contribution is 5.93. The van der Waals surface area contributed by atoms with Gasteiger partial charge in [-0.25, -0.2) is 0 Å². The van der Waals surface area contributed by atoms with Crippen LogP contribution in [0.2, 0.25) is 0 Å². The van der Waals surface area contributed by atoms with Gasteiger partial charge in [-0.3, -0.25) is 9.69 Å². The topological polar surface area (TPSA) is 80.3 Å². The summed E-state index contributed by atoms with van der Waals surface area (Å²) >= 11 is 0. The lowest BCUT2D eigenvalue weighted by molar-refractivity contribution is -0.121. The number of hydrogen-bond acceptors (Lipinski definition) is 6. The van der Waals surface area contributed by atoms with E-state index < -0.39 is 0 Å². The lowest BCUT2D eigenvalue weighted by Crippen LogP contribution is -2.37. The lowest BCUT2D eigenvalue weighted by atomic mass is 9.94. The Morgan fingerprint density at radius 1 is 1.09 bits per heavy atom. The summed E-state index contributed by atoms with van der Waals surface area (Å²) in [5, 5.41) is 15.6. The first-order valence-electron chi connectivity index (χ1n) is 10.8. The van der Waals surface area contributed by atoms with Gasteiger partial charge in [0.25, 0.3) is 0 Å². The summed E-state index contributed by atoms with van der Waals surface area (Å²) in [5.41, 5.74) is 1.61. The first-order chi connectivity index (χ1) is 15.6. The number of carbonyl (C=O) groups excluding carboxylic acids is 1. The van der Waals surface area contributed by atoms with Crippen molar-refractivity contribution in [1.82, 2.24) is 4.90 Å². The zero-order valence-corrected chi connectivity index (χ0v) is 18.0. The summed E-state index contributed by atoms with van der Waals surface area (Å²) in [6.07, 6.45) is 1.54. The van der Waals surface area contributed by atoms with Crippen LogP contribution in [0.25, 0.3) is 10.8 Å². The maximum atomic E-state index is 12.8. The van der Waals surface area contributed by atoms with Crippen LogP contribution in [0.15, 0.2) is 48.5 Å². The Kier molecular flexibility index (Phi) is 5.49. The molecule has 3 aromatic rings. The molecule has 1 amide bonds. The van der Waals surface area contributed by atoms with Crippen molar-refractivity contribution in [3.63, 3.8) is 0 Å². The zero-order valence-electron chi connectivity index (χ0n) is 18.0. The molecule has 0 atom stereocenters. The number of nitrogens with one attached hydrogen (secondary N) is 1. The number of ether oxygens (including phenoxy) is 3. The molecule has 2 aliphatic rings. The third-order valence-corrected chi connectivity index (χ3v) is 6.30. The van der Waals surface area contributed by atoms with Crippen LogP contribution in [-0.4, -0.2) is 42.9 Å². The number of methoxy groups -OCH3 is 1. The van der Waals surface area contributed by atoms with Gasteiger partial charge in [0.2, 0.25) is 12.7 Å². The predicted molar refractivity (Wildman–Crippen MR) is 121 cm³/mol. The van der Waals surface area contributed by atoms with Gasteiger partial charge < -0.3 is 24.6 Å². The van der Waals surface area contributed by atoms with Crippen molar-refractivity contribution in [1.29, 1.82) is 0 Å². The van der Waals surface area contributed by atoms with E-state index in [-0.39, 0.29) is 24.4 Å². The van der Waals surface area contributed by atoms with E-state index in [1.807, 2.05) is 36.4 Å². The van der Waals surface area contributed by atoms with Crippen molar-refractivity contribution in [2.75, 3.05) is 32.3 Å². The standard InChI is InChI=1S/C25H26N2O5/c1-30-19-5-2-16-3-6-22(28)21(20(16)13-19)14-27-10-8-17(9-11-27)25(29)26-18-4-7-23-24(12-18)32-15-31-23/h2-7,12-13,17,28H,8-11,14-15H2,1H3,(H,26,29). The SMILES string of the molecule is COc1ccc2ccc(O)c(CN3CCC(C(=O)Nc4ccc5c(c4)OCO5)CC3)c2c1. The fourth-order valence-corrected chi connectivity index (χ4v) is 4.44. The Morgan fingerprint density at radius 3 is 2.69 bits per heavy atom. The molecule has 1 saturated heterocycles. The number of phenolic OH excluding ortho intramolecular Hbond substituents is 1. The van der Waals surface area contributed by atoms with Crippen LogP contribution in [0.4, 0.5) is 5.69 Å². The molecular weight excluding hydrogens is 408 g/mol. The molecule has 0 spiro atoms. The molecule has 2 heterocycles. The Balaban J connectivity index is 1.22. The van der Waals surface area contributed by atoms with Crippen LogP contribution in [-0.2, 0) is 11.3 Å². The molecule has 7 heteroatoms. The first-order valence-corrected chi connectivity index (χ1v) is 10.8. The van der Waals surface area contributed by atoms with Crippen LogP contribution in [0.1, 0.15) is 18.4 Å². The van der Waals surface area contributed by atoms with E-state index in [2.05, 4.69) is 10.2 Å². The molecule has 2 aliphatic heterocycles. The highest BCUT2D eigenvalue weighted by atomic mass is 16.7. The van der Waals surface area contributed by atoms with Crippen molar-refractivity contribution < 1.29 is 24.1 Å². The minimum atomic E-state index is -0.0436. The second-order valence-corrected chi connectivity index (χ2v) is 8.26. The molecule has 7 nitrogen and oxygen atoms in total. The molecule has 0 bridgehead atoms. The van der Waals surface area contributed by atoms with Crippen molar-refractivity contribution in [3.8, 4) is 23.0 Å². The van der Waals surface area contributed by atoms with Crippen LogP contribution < -0.4 is 19.5 Å². The summed E-state index contributed by atoms with van der Waals surface area (Å²) in [4.78, 5) is 15.1. The third-order valence-electron chi connectivity index (χ3n) is 6.30. The maximum Gasteiger partial charge on any atom is 0.231 e. The lowest BCUT2D eigenvalue weighted by Gasteiger charge is -2.31. The molecule has 0 aliphatic carbocycles. The van der Waals surface area contributed by atoms with Crippen LogP contribution >= 0.6 is 0 Å². The van der Waals surface area contributed by atoms with Crippen molar-refractivity contribution >= 4 is 22.4 Å². The van der Waals surface area contributed by atoms with E-state index in [9.17, 15) is 9.90 Å². The number of fused-ring (bicyclic) bond motifs is 2. The van der Waals surface area contributed by atoms with Crippen molar-refractivity contribution in [2.45, 2.75) is 19.4 Å². The van der Waals surface area contributed by atoms with Gasteiger partial charge in [-0.15, -0.1) is 0 Å². The molecular formula is C25H26N2O5. The summed E-state index contributed by atoms with van der Waals surface area (Å²) in [5.74, 6) is 2.39. The number of anilines is 1. The highest BCUT2D eigenvalue weighted by Crippen LogP contribution is 2.35. The summed E-state index contributed by atoms with van der Waals surface area (Å²) in [6, 6.07) is 15.0. The molecule has 0 unspecified atom stereocenters. The van der Waals surface area contributed by atoms with Crippen molar-refractivity contribution in [3.05, 3.63) is 54.1 Å². The van der Waals surface area contributed by atoms with E-state index in [0.29, 0.717) is 18.0 Å². The van der Waals surface area contributed by atoms with E-state index in [1.165, 1.54) is 0 Å². The van der Waals surface area contributed by atoms with Gasteiger partial charge in [-0.05, 0) is 67.0 Å². The molecule has 5 rings (SSSR count). The fourth-order valence-electron chi connectivity index (χ4n) is 4.44. The second-order valence-electron chi connectivity index (χ2n) is 8.26. The number of hydrogen-bond donors (Lipinski definition) is 2. The van der Waals surface area contributed by atoms with Gasteiger partial charge >= 0.3 is 0 Å². The molecule has 32 heavy (non-hydrogen) atoms. The molecule has 1 fully saturated rings. The zero-order chi connectivity index (χ0) is 22.1. The predicted octanol–water partition coefficient (Wildman–Crippen LogP) is 4.13. The average Bonchev–Trinajstić information content (AvgIpc) is 3.29. The van der Waals surface area contributed by atoms with Gasteiger partial charge in [-0.2, -0.15) is 0 Å². The molecule has 0 aromatic heterocycles. The Labute approximate surface area is 186 Å². The van der Waals surface area contributed by atoms with Crippen LogP contribution in [0.3, 0.4) is 0 Å². The van der Waals surface area contributed by atoms with Gasteiger partial charge in [0.05, 0.1) is 7.11 Å². The fraction of sp³-hybridized carbons (Fsp3) is 0.320. The normalized spacial score (nSPS) is 16.3. The number of likely N-dealkylation sites (tertiary alicyclic amines) is 1. The Bertz CT molecular complexity index is 1150. The van der Waals surface area contributed by atoms with Gasteiger partial charge in [0, 0.05) is 29.8 Å². The summed E-state index contributed by atoms with van der Waals surface area (Å²) in [7, 11) is 1.64. The number of amides is 1. The number of carbonyl (C=O) groups is 1. The Hall–Kier alpha value is -3.45. The van der Waals surface area contributed by atoms with Crippen molar-refractivity contribution in [2.24, 2.45) is 5.92 Å². The number of benzene rings is 3. The van der Waals surface area contributed by atoms with E-state index in [1.54, 1.807) is 19.2 Å². The molecule has 0 saturated carbocycles. The van der Waals surface area contributed by atoms with Gasteiger partial charge in [0.15, 0.2) is 11.5 Å². The van der Waals surface area contributed by atoms with E-state index >= 15 is 0 Å². The summed E-state index contributed by atoms with van der Waals surface area (Å²) in [6.45, 7) is 2.43. The highest BCUT2D eigenvalue weighted by Gasteiger charge is 2.26. The number of phenols is 1. The second kappa shape index (κ2) is 8.59. The molecule has 3 aromatic carbocycles. The van der Waals surface area contributed by atoms with Gasteiger partial charge in [-0.1, -0.05) is 12.1 Å². The molecule has 0 radical (unpaired) electrons. The number of rotatable bonds is 5. The summed E-state index contributed by atoms with van der Waals surface area (Å²) < 4.78 is 16.1. The smallest absolute Gasteiger partial charge is 0.231 e. The maximum absolute atomic E-state index is 12.8. The quantitative estimate of drug-likeness (QED) is 0.629. The number of piperidine rings is 1. The minimum absolute atomic E-state index is 0.0289. The number of aromatic hydroxyl groups is 1. The van der Waals surface area contributed by atoms with E-state index in [0.717, 1.165) is 53.7 Å². The Morgan fingerprint density at radius 2 is 1.88 bits per heavy atom.